The van der Waals surface area contributed by atoms with Gasteiger partial charge in [0.15, 0.2) is 6.29 Å². The summed E-state index contributed by atoms with van der Waals surface area (Å²) in [4.78, 5) is 10.7. The average molecular weight is 192 g/mol. The monoisotopic (exact) mass is 192 g/mol. The van der Waals surface area contributed by atoms with Crippen LogP contribution in [0.4, 0.5) is 4.39 Å². The number of carbonyl (C=O) groups is 1. The second kappa shape index (κ2) is 2.90. The van der Waals surface area contributed by atoms with Gasteiger partial charge in [0.1, 0.15) is 5.82 Å². The molecule has 0 fully saturated rings. The first-order valence-electron chi connectivity index (χ1n) is 4.22. The Morgan fingerprint density at radius 3 is 2.86 bits per heavy atom. The zero-order valence-electron chi connectivity index (χ0n) is 7.91. The molecule has 2 aromatic rings. The molecule has 0 aliphatic rings. The number of aryl methyl sites for hydroxylation is 2. The highest BCUT2D eigenvalue weighted by Crippen LogP contribution is 2.23. The van der Waals surface area contributed by atoms with Crippen LogP contribution in [0, 0.1) is 12.7 Å². The third kappa shape index (κ3) is 1.04. The Bertz CT molecular complexity index is 516. The van der Waals surface area contributed by atoms with E-state index in [4.69, 9.17) is 0 Å². The van der Waals surface area contributed by atoms with Crippen LogP contribution < -0.4 is 0 Å². The first-order valence-corrected chi connectivity index (χ1v) is 4.22. The lowest BCUT2D eigenvalue weighted by Crippen LogP contribution is -1.94. The van der Waals surface area contributed by atoms with E-state index in [0.717, 1.165) is 0 Å². The van der Waals surface area contributed by atoms with Crippen molar-refractivity contribution >= 4 is 17.2 Å². The Labute approximate surface area is 80.1 Å². The van der Waals surface area contributed by atoms with Gasteiger partial charge >= 0.3 is 0 Å². The third-order valence-corrected chi connectivity index (χ3v) is 2.27. The van der Waals surface area contributed by atoms with E-state index < -0.39 is 0 Å². The van der Waals surface area contributed by atoms with E-state index in [-0.39, 0.29) is 5.82 Å². The Hall–Kier alpha value is -1.71. The molecule has 2 rings (SSSR count). The van der Waals surface area contributed by atoms with Gasteiger partial charge in [-0.15, -0.1) is 0 Å². The molecule has 0 amide bonds. The molecule has 0 aliphatic carbocycles. The Morgan fingerprint density at radius 2 is 2.21 bits per heavy atom. The fourth-order valence-corrected chi connectivity index (χ4v) is 1.70. The first kappa shape index (κ1) is 8.87. The maximum atomic E-state index is 13.4. The molecule has 0 saturated carbocycles. The number of hydrogen-bond donors (Lipinski definition) is 0. The number of halogens is 1. The van der Waals surface area contributed by atoms with Crippen molar-refractivity contribution in [3.63, 3.8) is 0 Å². The van der Waals surface area contributed by atoms with E-state index in [2.05, 4.69) is 5.10 Å². The number of aromatic nitrogens is 2. The lowest BCUT2D eigenvalue weighted by molar-refractivity contribution is 0.112. The Morgan fingerprint density at radius 1 is 1.50 bits per heavy atom. The first-order chi connectivity index (χ1) is 6.65. The van der Waals surface area contributed by atoms with Crippen LogP contribution in [0.2, 0.25) is 0 Å². The van der Waals surface area contributed by atoms with Gasteiger partial charge in [-0.3, -0.25) is 9.48 Å². The highest BCUT2D eigenvalue weighted by Gasteiger charge is 2.13. The van der Waals surface area contributed by atoms with Gasteiger partial charge in [0, 0.05) is 12.6 Å². The summed E-state index contributed by atoms with van der Waals surface area (Å²) in [6.45, 7) is 1.72. The quantitative estimate of drug-likeness (QED) is 0.646. The predicted octanol–water partition coefficient (Wildman–Crippen LogP) is 1.83. The van der Waals surface area contributed by atoms with Crippen molar-refractivity contribution in [1.82, 2.24) is 9.78 Å². The van der Waals surface area contributed by atoms with Crippen LogP contribution in [0.5, 0.6) is 0 Å². The normalized spacial score (nSPS) is 10.8. The van der Waals surface area contributed by atoms with E-state index in [1.165, 1.54) is 16.8 Å². The molecule has 0 radical (unpaired) electrons. The van der Waals surface area contributed by atoms with Crippen LogP contribution in [0.1, 0.15) is 16.1 Å². The summed E-state index contributed by atoms with van der Waals surface area (Å²) >= 11 is 0. The number of benzene rings is 1. The van der Waals surface area contributed by atoms with Gasteiger partial charge in [-0.2, -0.15) is 5.10 Å². The van der Waals surface area contributed by atoms with Crippen LogP contribution in [0.3, 0.4) is 0 Å². The molecule has 0 spiro atoms. The van der Waals surface area contributed by atoms with Crippen molar-refractivity contribution in [3.8, 4) is 0 Å². The average Bonchev–Trinajstić information content (AvgIpc) is 2.44. The van der Waals surface area contributed by atoms with Crippen molar-refractivity contribution < 1.29 is 9.18 Å². The maximum absolute atomic E-state index is 13.4. The van der Waals surface area contributed by atoms with E-state index in [1.54, 1.807) is 14.0 Å². The summed E-state index contributed by atoms with van der Waals surface area (Å²) in [5, 5.41) is 4.51. The van der Waals surface area contributed by atoms with E-state index in [1.807, 2.05) is 0 Å². The second-order valence-corrected chi connectivity index (χ2v) is 3.19. The molecular formula is C10H9FN2O. The summed E-state index contributed by atoms with van der Waals surface area (Å²) in [5.41, 5.74) is 1.62. The lowest BCUT2D eigenvalue weighted by atomic mass is 10.1. The minimum Gasteiger partial charge on any atom is -0.298 e. The molecule has 0 unspecified atom stereocenters. The number of fused-ring (bicyclic) bond motifs is 1. The summed E-state index contributed by atoms with van der Waals surface area (Å²) in [7, 11) is 1.70. The Kier molecular flexibility index (Phi) is 1.84. The van der Waals surface area contributed by atoms with Gasteiger partial charge in [0.2, 0.25) is 0 Å². The lowest BCUT2D eigenvalue weighted by Gasteiger charge is -1.98. The third-order valence-electron chi connectivity index (χ3n) is 2.27. The largest absolute Gasteiger partial charge is 0.298 e. The van der Waals surface area contributed by atoms with E-state index in [0.29, 0.717) is 28.4 Å². The smallest absolute Gasteiger partial charge is 0.152 e. The minimum absolute atomic E-state index is 0.337. The van der Waals surface area contributed by atoms with E-state index in [9.17, 15) is 9.18 Å². The second-order valence-electron chi connectivity index (χ2n) is 3.19. The molecular weight excluding hydrogens is 183 g/mol. The zero-order chi connectivity index (χ0) is 10.3. The molecule has 1 aromatic carbocycles. The SMILES string of the molecule is Cc1nn(C)c2c(C=O)ccc(F)c12. The molecule has 0 aliphatic heterocycles. The summed E-state index contributed by atoms with van der Waals surface area (Å²) in [5.74, 6) is -0.337. The van der Waals surface area contributed by atoms with Gasteiger partial charge in [-0.1, -0.05) is 0 Å². The standard InChI is InChI=1S/C10H9FN2O/c1-6-9-8(11)4-3-7(5-14)10(9)13(2)12-6/h3-5H,1-2H3. The van der Waals surface area contributed by atoms with Crippen molar-refractivity contribution in [2.24, 2.45) is 7.05 Å². The number of carbonyl (C=O) groups excluding carboxylic acids is 1. The number of aldehydes is 1. The molecule has 4 heteroatoms. The van der Waals surface area contributed by atoms with Gasteiger partial charge in [0.05, 0.1) is 16.6 Å². The van der Waals surface area contributed by atoms with E-state index >= 15 is 0 Å². The summed E-state index contributed by atoms with van der Waals surface area (Å²) < 4.78 is 14.9. The number of hydrogen-bond acceptors (Lipinski definition) is 2. The Balaban J connectivity index is 3.01. The van der Waals surface area contributed by atoms with Gasteiger partial charge in [-0.25, -0.2) is 4.39 Å². The summed E-state index contributed by atoms with van der Waals surface area (Å²) in [6.07, 6.45) is 0.711. The molecule has 3 nitrogen and oxygen atoms in total. The van der Waals surface area contributed by atoms with Crippen LogP contribution >= 0.6 is 0 Å². The van der Waals surface area contributed by atoms with Crippen molar-refractivity contribution in [3.05, 3.63) is 29.2 Å². The van der Waals surface area contributed by atoms with Crippen molar-refractivity contribution in [1.29, 1.82) is 0 Å². The highest BCUT2D eigenvalue weighted by atomic mass is 19.1. The van der Waals surface area contributed by atoms with Crippen molar-refractivity contribution in [2.45, 2.75) is 6.92 Å². The highest BCUT2D eigenvalue weighted by molar-refractivity contribution is 5.97. The molecule has 1 aromatic heterocycles. The number of nitrogens with zero attached hydrogens (tertiary/aromatic N) is 2. The van der Waals surface area contributed by atoms with Gasteiger partial charge < -0.3 is 0 Å². The molecule has 0 atom stereocenters. The topological polar surface area (TPSA) is 34.9 Å². The van der Waals surface area contributed by atoms with Gasteiger partial charge in [-0.05, 0) is 19.1 Å². The van der Waals surface area contributed by atoms with Crippen LogP contribution in [0.25, 0.3) is 10.9 Å². The number of rotatable bonds is 1. The van der Waals surface area contributed by atoms with Gasteiger partial charge in [0.25, 0.3) is 0 Å². The maximum Gasteiger partial charge on any atom is 0.152 e. The fourth-order valence-electron chi connectivity index (χ4n) is 1.70. The zero-order valence-corrected chi connectivity index (χ0v) is 7.91. The van der Waals surface area contributed by atoms with Crippen LogP contribution in [0.15, 0.2) is 12.1 Å². The van der Waals surface area contributed by atoms with Crippen LogP contribution in [-0.2, 0) is 7.05 Å². The minimum atomic E-state index is -0.337. The predicted molar refractivity (Wildman–Crippen MR) is 50.8 cm³/mol. The summed E-state index contributed by atoms with van der Waals surface area (Å²) in [6, 6.07) is 2.76. The molecule has 0 bridgehead atoms. The molecule has 1 heterocycles. The van der Waals surface area contributed by atoms with Crippen LogP contribution in [-0.4, -0.2) is 16.1 Å². The molecule has 0 N–H and O–H groups in total. The molecule has 0 saturated heterocycles. The van der Waals surface area contributed by atoms with Crippen molar-refractivity contribution in [2.75, 3.05) is 0 Å². The molecule has 72 valence electrons. The molecule has 14 heavy (non-hydrogen) atoms. The fraction of sp³-hybridized carbons (Fsp3) is 0.200.